The second-order valence-electron chi connectivity index (χ2n) is 6.28. The van der Waals surface area contributed by atoms with Gasteiger partial charge in [0.15, 0.2) is 17.3 Å². The monoisotopic (exact) mass is 306 g/mol. The van der Waals surface area contributed by atoms with Gasteiger partial charge in [0.25, 0.3) is 0 Å². The minimum absolute atomic E-state index is 0.0440. The summed E-state index contributed by atoms with van der Waals surface area (Å²) >= 11 is 0. The molecule has 0 unspecified atom stereocenters. The number of hydrogen-bond donors (Lipinski definition) is 0. The molecule has 0 radical (unpaired) electrons. The lowest BCUT2D eigenvalue weighted by molar-refractivity contribution is -0.154. The number of rotatable bonds is 6. The molecule has 2 rings (SSSR count). The molecule has 120 valence electrons. The Labute approximate surface area is 130 Å². The Balaban J connectivity index is 1.73. The van der Waals surface area contributed by atoms with Gasteiger partial charge in [-0.15, -0.1) is 0 Å². The Morgan fingerprint density at radius 1 is 1.09 bits per heavy atom. The summed E-state index contributed by atoms with van der Waals surface area (Å²) in [5, 5.41) is 0. The lowest BCUT2D eigenvalue weighted by atomic mass is 10.0. The summed E-state index contributed by atoms with van der Waals surface area (Å²) in [6, 6.07) is 5.19. The van der Waals surface area contributed by atoms with Gasteiger partial charge in [-0.1, -0.05) is 0 Å². The summed E-state index contributed by atoms with van der Waals surface area (Å²) in [4.78, 5) is 23.7. The molecule has 22 heavy (non-hydrogen) atoms. The van der Waals surface area contributed by atoms with Crippen molar-refractivity contribution in [3.63, 3.8) is 0 Å². The predicted molar refractivity (Wildman–Crippen MR) is 81.2 cm³/mol. The highest BCUT2D eigenvalue weighted by Crippen LogP contribution is 2.32. The number of benzene rings is 1. The topological polar surface area (TPSA) is 61.8 Å². The fourth-order valence-corrected chi connectivity index (χ4v) is 2.16. The summed E-state index contributed by atoms with van der Waals surface area (Å²) in [6.07, 6.45) is 2.05. The number of Topliss-reactive ketones (excluding diaryl/α,β-unsaturated/α-hetero) is 1. The van der Waals surface area contributed by atoms with Crippen LogP contribution in [0.4, 0.5) is 0 Å². The van der Waals surface area contributed by atoms with E-state index in [0.717, 1.165) is 0 Å². The summed E-state index contributed by atoms with van der Waals surface area (Å²) in [7, 11) is 0. The van der Waals surface area contributed by atoms with Gasteiger partial charge >= 0.3 is 5.97 Å². The molecular formula is C17H22O5. The molecular weight excluding hydrogens is 284 g/mol. The third-order valence-corrected chi connectivity index (χ3v) is 3.15. The highest BCUT2D eigenvalue weighted by Gasteiger charge is 2.17. The first kappa shape index (κ1) is 16.3. The zero-order valence-electron chi connectivity index (χ0n) is 13.3. The van der Waals surface area contributed by atoms with Crippen molar-refractivity contribution in [1.82, 2.24) is 0 Å². The first-order valence-electron chi connectivity index (χ1n) is 7.50. The number of hydrogen-bond acceptors (Lipinski definition) is 5. The van der Waals surface area contributed by atoms with Gasteiger partial charge in [-0.25, -0.2) is 0 Å². The van der Waals surface area contributed by atoms with Crippen LogP contribution in [0.5, 0.6) is 11.5 Å². The standard InChI is InChI=1S/C17H22O5/c1-17(2,3)22-16(19)7-5-4-6-13(18)12-8-9-14-15(10-12)21-11-20-14/h8-10H,4-7,11H2,1-3H3. The quantitative estimate of drug-likeness (QED) is 0.457. The largest absolute Gasteiger partial charge is 0.460 e. The fraction of sp³-hybridized carbons (Fsp3) is 0.529. The van der Waals surface area contributed by atoms with Crippen LogP contribution in [-0.2, 0) is 9.53 Å². The van der Waals surface area contributed by atoms with Gasteiger partial charge in [-0.3, -0.25) is 9.59 Å². The van der Waals surface area contributed by atoms with Gasteiger partial charge in [0.05, 0.1) is 0 Å². The van der Waals surface area contributed by atoms with E-state index in [1.165, 1.54) is 0 Å². The molecule has 1 aromatic carbocycles. The second kappa shape index (κ2) is 6.81. The maximum absolute atomic E-state index is 12.1. The normalized spacial score (nSPS) is 13.0. The number of ketones is 1. The van der Waals surface area contributed by atoms with E-state index in [9.17, 15) is 9.59 Å². The summed E-state index contributed by atoms with van der Waals surface area (Å²) in [5.74, 6) is 1.10. The summed E-state index contributed by atoms with van der Waals surface area (Å²) < 4.78 is 15.7. The number of carbonyl (C=O) groups is 2. The molecule has 0 spiro atoms. The Kier molecular flexibility index (Phi) is 5.06. The van der Waals surface area contributed by atoms with Crippen LogP contribution in [0.25, 0.3) is 0 Å². The second-order valence-corrected chi connectivity index (χ2v) is 6.28. The molecule has 1 aliphatic heterocycles. The average Bonchev–Trinajstić information content (AvgIpc) is 2.88. The van der Waals surface area contributed by atoms with Gasteiger partial charge < -0.3 is 14.2 Å². The number of fused-ring (bicyclic) bond motifs is 1. The zero-order chi connectivity index (χ0) is 16.2. The van der Waals surface area contributed by atoms with E-state index in [1.807, 2.05) is 20.8 Å². The Bertz CT molecular complexity index is 557. The molecule has 0 saturated heterocycles. The van der Waals surface area contributed by atoms with Crippen molar-refractivity contribution in [3.05, 3.63) is 23.8 Å². The van der Waals surface area contributed by atoms with Crippen LogP contribution >= 0.6 is 0 Å². The number of unbranched alkanes of at least 4 members (excludes halogenated alkanes) is 1. The van der Waals surface area contributed by atoms with E-state index in [1.54, 1.807) is 18.2 Å². The molecule has 1 aliphatic rings. The molecule has 1 heterocycles. The summed E-state index contributed by atoms with van der Waals surface area (Å²) in [5.41, 5.74) is 0.154. The molecule has 0 amide bonds. The van der Waals surface area contributed by atoms with Crippen LogP contribution < -0.4 is 9.47 Å². The van der Waals surface area contributed by atoms with E-state index in [4.69, 9.17) is 14.2 Å². The third kappa shape index (κ3) is 4.76. The van der Waals surface area contributed by atoms with Crippen molar-refractivity contribution < 1.29 is 23.8 Å². The van der Waals surface area contributed by atoms with E-state index in [2.05, 4.69) is 0 Å². The van der Waals surface area contributed by atoms with Crippen molar-refractivity contribution in [2.45, 2.75) is 52.1 Å². The minimum Gasteiger partial charge on any atom is -0.460 e. The lowest BCUT2D eigenvalue weighted by Crippen LogP contribution is -2.23. The van der Waals surface area contributed by atoms with Crippen LogP contribution in [0, 0.1) is 0 Å². The van der Waals surface area contributed by atoms with Crippen LogP contribution in [-0.4, -0.2) is 24.1 Å². The molecule has 0 bridgehead atoms. The minimum atomic E-state index is -0.459. The van der Waals surface area contributed by atoms with E-state index < -0.39 is 5.60 Å². The molecule has 0 atom stereocenters. The van der Waals surface area contributed by atoms with Crippen molar-refractivity contribution in [3.8, 4) is 11.5 Å². The molecule has 1 aromatic rings. The van der Waals surface area contributed by atoms with Gasteiger partial charge in [0.1, 0.15) is 5.60 Å². The highest BCUT2D eigenvalue weighted by molar-refractivity contribution is 5.96. The molecule has 0 aromatic heterocycles. The van der Waals surface area contributed by atoms with Crippen LogP contribution in [0.15, 0.2) is 18.2 Å². The molecule has 5 nitrogen and oxygen atoms in total. The van der Waals surface area contributed by atoms with Crippen molar-refractivity contribution >= 4 is 11.8 Å². The van der Waals surface area contributed by atoms with Crippen molar-refractivity contribution in [1.29, 1.82) is 0 Å². The van der Waals surface area contributed by atoms with Crippen LogP contribution in [0.3, 0.4) is 0 Å². The first-order valence-corrected chi connectivity index (χ1v) is 7.50. The highest BCUT2D eigenvalue weighted by atomic mass is 16.7. The summed E-state index contributed by atoms with van der Waals surface area (Å²) in [6.45, 7) is 5.72. The van der Waals surface area contributed by atoms with Crippen molar-refractivity contribution in [2.24, 2.45) is 0 Å². The molecule has 0 fully saturated rings. The number of carbonyl (C=O) groups excluding carboxylic acids is 2. The fourth-order valence-electron chi connectivity index (χ4n) is 2.16. The smallest absolute Gasteiger partial charge is 0.306 e. The molecule has 5 heteroatoms. The van der Waals surface area contributed by atoms with Gasteiger partial charge in [0, 0.05) is 18.4 Å². The predicted octanol–water partition coefficient (Wildman–Crippen LogP) is 3.50. The van der Waals surface area contributed by atoms with E-state index in [0.29, 0.717) is 42.7 Å². The van der Waals surface area contributed by atoms with E-state index in [-0.39, 0.29) is 18.5 Å². The van der Waals surface area contributed by atoms with Gasteiger partial charge in [-0.05, 0) is 51.8 Å². The van der Waals surface area contributed by atoms with Crippen molar-refractivity contribution in [2.75, 3.05) is 6.79 Å². The Morgan fingerprint density at radius 2 is 1.77 bits per heavy atom. The lowest BCUT2D eigenvalue weighted by Gasteiger charge is -2.19. The Hall–Kier alpha value is -2.04. The molecule has 0 aliphatic carbocycles. The SMILES string of the molecule is CC(C)(C)OC(=O)CCCCC(=O)c1ccc2c(c1)OCO2. The number of esters is 1. The molecule has 0 N–H and O–H groups in total. The van der Waals surface area contributed by atoms with Gasteiger partial charge in [-0.2, -0.15) is 0 Å². The number of ether oxygens (including phenoxy) is 3. The maximum atomic E-state index is 12.1. The Morgan fingerprint density at radius 3 is 2.50 bits per heavy atom. The van der Waals surface area contributed by atoms with Crippen LogP contribution in [0.2, 0.25) is 0 Å². The van der Waals surface area contributed by atoms with Crippen LogP contribution in [0.1, 0.15) is 56.8 Å². The zero-order valence-corrected chi connectivity index (χ0v) is 13.3. The van der Waals surface area contributed by atoms with Gasteiger partial charge in [0.2, 0.25) is 6.79 Å². The third-order valence-electron chi connectivity index (χ3n) is 3.15. The average molecular weight is 306 g/mol. The maximum Gasteiger partial charge on any atom is 0.306 e. The first-order chi connectivity index (χ1) is 10.3. The molecule has 0 saturated carbocycles. The van der Waals surface area contributed by atoms with E-state index >= 15 is 0 Å².